The van der Waals surface area contributed by atoms with Crippen molar-refractivity contribution in [3.8, 4) is 0 Å². The molecule has 1 saturated heterocycles. The van der Waals surface area contributed by atoms with Crippen molar-refractivity contribution in [2.75, 3.05) is 12.3 Å². The number of alkyl halides is 1. The molecule has 4 N–H and O–H groups in total. The van der Waals surface area contributed by atoms with E-state index in [-0.39, 0.29) is 22.3 Å². The lowest BCUT2D eigenvalue weighted by Crippen LogP contribution is -2.30. The first-order chi connectivity index (χ1) is 9.52. The molecule has 0 bridgehead atoms. The van der Waals surface area contributed by atoms with Crippen LogP contribution in [-0.4, -0.2) is 54.7 Å². The van der Waals surface area contributed by atoms with Crippen molar-refractivity contribution >= 4 is 28.7 Å². The minimum atomic E-state index is -1.74. The predicted octanol–water partition coefficient (Wildman–Crippen LogP) is -0.349. The summed E-state index contributed by atoms with van der Waals surface area (Å²) in [5.41, 5.74) is 5.94. The molecule has 0 aromatic carbocycles. The second-order valence-electron chi connectivity index (χ2n) is 4.38. The van der Waals surface area contributed by atoms with Gasteiger partial charge in [-0.25, -0.2) is 9.37 Å². The Labute approximate surface area is 117 Å². The van der Waals surface area contributed by atoms with Crippen molar-refractivity contribution in [2.24, 2.45) is 0 Å². The average Bonchev–Trinajstić information content (AvgIpc) is 2.93. The van der Waals surface area contributed by atoms with Crippen LogP contribution in [0, 0.1) is 0 Å². The molecule has 3 heterocycles. The van der Waals surface area contributed by atoms with E-state index in [1.165, 1.54) is 10.9 Å². The molecule has 0 spiro atoms. The molecule has 20 heavy (non-hydrogen) atoms. The van der Waals surface area contributed by atoms with E-state index in [9.17, 15) is 9.50 Å². The third kappa shape index (κ3) is 1.90. The summed E-state index contributed by atoms with van der Waals surface area (Å²) >= 11 is 5.87. The Morgan fingerprint density at radius 3 is 2.90 bits per heavy atom. The Kier molecular flexibility index (Phi) is 3.21. The standard InChI is InChI=1S/C10H11ClFN5O3/c11-7-5-8(16-10(13)15-7)17(2-14-5)9-4(12)6(19)3(1-18)20-9/h2-4,6,9,18-19H,1H2,(H2,13,15,16)/t3-,4-,6-,9-/m1/s1. The molecule has 1 aliphatic heterocycles. The van der Waals surface area contributed by atoms with Crippen LogP contribution in [0.1, 0.15) is 6.23 Å². The number of aliphatic hydroxyl groups is 2. The van der Waals surface area contributed by atoms with Crippen molar-refractivity contribution < 1.29 is 19.3 Å². The topological polar surface area (TPSA) is 119 Å². The number of fused-ring (bicyclic) bond motifs is 1. The maximum absolute atomic E-state index is 14.1. The van der Waals surface area contributed by atoms with Crippen LogP contribution in [-0.2, 0) is 4.74 Å². The molecule has 10 heteroatoms. The van der Waals surface area contributed by atoms with E-state index in [1.807, 2.05) is 0 Å². The fourth-order valence-corrected chi connectivity index (χ4v) is 2.38. The predicted molar refractivity (Wildman–Crippen MR) is 66.6 cm³/mol. The molecule has 0 unspecified atom stereocenters. The number of nitrogens with zero attached hydrogens (tertiary/aromatic N) is 4. The minimum absolute atomic E-state index is 0.0407. The zero-order valence-electron chi connectivity index (χ0n) is 10.0. The van der Waals surface area contributed by atoms with E-state index in [2.05, 4.69) is 15.0 Å². The zero-order chi connectivity index (χ0) is 14.4. The maximum Gasteiger partial charge on any atom is 0.223 e. The first kappa shape index (κ1) is 13.4. The highest BCUT2D eigenvalue weighted by atomic mass is 35.5. The van der Waals surface area contributed by atoms with Crippen molar-refractivity contribution in [3.05, 3.63) is 11.5 Å². The lowest BCUT2D eigenvalue weighted by molar-refractivity contribution is -0.0459. The molecule has 0 aliphatic carbocycles. The molecule has 2 aromatic heterocycles. The van der Waals surface area contributed by atoms with E-state index in [4.69, 9.17) is 27.2 Å². The minimum Gasteiger partial charge on any atom is -0.394 e. The largest absolute Gasteiger partial charge is 0.394 e. The van der Waals surface area contributed by atoms with E-state index in [1.54, 1.807) is 0 Å². The molecular weight excluding hydrogens is 293 g/mol. The normalized spacial score (nSPS) is 30.2. The summed E-state index contributed by atoms with van der Waals surface area (Å²) in [6.45, 7) is -0.497. The quantitative estimate of drug-likeness (QED) is 0.649. The molecule has 4 atom stereocenters. The number of rotatable bonds is 2. The Balaban J connectivity index is 2.07. The second-order valence-corrected chi connectivity index (χ2v) is 4.74. The number of hydrogen-bond acceptors (Lipinski definition) is 7. The van der Waals surface area contributed by atoms with Gasteiger partial charge in [-0.1, -0.05) is 11.6 Å². The maximum atomic E-state index is 14.1. The van der Waals surface area contributed by atoms with Crippen LogP contribution in [0.25, 0.3) is 11.2 Å². The third-order valence-corrected chi connectivity index (χ3v) is 3.41. The van der Waals surface area contributed by atoms with Gasteiger partial charge in [0.1, 0.15) is 17.7 Å². The fraction of sp³-hybridized carbons (Fsp3) is 0.500. The summed E-state index contributed by atoms with van der Waals surface area (Å²) in [6, 6.07) is 0. The highest BCUT2D eigenvalue weighted by Crippen LogP contribution is 2.34. The van der Waals surface area contributed by atoms with Crippen molar-refractivity contribution in [2.45, 2.75) is 24.6 Å². The van der Waals surface area contributed by atoms with Crippen LogP contribution in [0.3, 0.4) is 0 Å². The first-order valence-electron chi connectivity index (χ1n) is 5.77. The van der Waals surface area contributed by atoms with Crippen LogP contribution in [0.4, 0.5) is 10.3 Å². The number of nitrogens with two attached hydrogens (primary N) is 1. The highest BCUT2D eigenvalue weighted by Gasteiger charge is 2.45. The molecule has 0 radical (unpaired) electrons. The van der Waals surface area contributed by atoms with Gasteiger partial charge in [-0.15, -0.1) is 0 Å². The van der Waals surface area contributed by atoms with Crippen LogP contribution >= 0.6 is 11.6 Å². The van der Waals surface area contributed by atoms with E-state index in [0.29, 0.717) is 0 Å². The Morgan fingerprint density at radius 1 is 1.50 bits per heavy atom. The summed E-state index contributed by atoms with van der Waals surface area (Å²) in [6.07, 6.45) is -4.08. The molecule has 0 saturated carbocycles. The van der Waals surface area contributed by atoms with Gasteiger partial charge in [0.2, 0.25) is 5.95 Å². The van der Waals surface area contributed by atoms with Crippen LogP contribution in [0.15, 0.2) is 6.33 Å². The van der Waals surface area contributed by atoms with Gasteiger partial charge in [-0.3, -0.25) is 4.57 Å². The number of nitrogen functional groups attached to an aromatic ring is 1. The van der Waals surface area contributed by atoms with Crippen LogP contribution in [0.2, 0.25) is 5.15 Å². The molecule has 8 nitrogen and oxygen atoms in total. The number of anilines is 1. The molecular formula is C10H11ClFN5O3. The molecule has 0 amide bonds. The van der Waals surface area contributed by atoms with E-state index >= 15 is 0 Å². The van der Waals surface area contributed by atoms with Crippen LogP contribution in [0.5, 0.6) is 0 Å². The number of ether oxygens (including phenoxy) is 1. The van der Waals surface area contributed by atoms with Crippen LogP contribution < -0.4 is 5.73 Å². The Hall–Kier alpha value is -1.55. The lowest BCUT2D eigenvalue weighted by atomic mass is 10.1. The number of aromatic nitrogens is 4. The van der Waals surface area contributed by atoms with E-state index in [0.717, 1.165) is 0 Å². The third-order valence-electron chi connectivity index (χ3n) is 3.14. The number of aliphatic hydroxyl groups excluding tert-OH is 2. The summed E-state index contributed by atoms with van der Waals surface area (Å²) in [5, 5.41) is 18.7. The van der Waals surface area contributed by atoms with Gasteiger partial charge < -0.3 is 20.7 Å². The average molecular weight is 304 g/mol. The van der Waals surface area contributed by atoms with Gasteiger partial charge in [0, 0.05) is 0 Å². The van der Waals surface area contributed by atoms with E-state index < -0.39 is 31.2 Å². The van der Waals surface area contributed by atoms with Gasteiger partial charge in [0.15, 0.2) is 23.2 Å². The number of halogens is 2. The second kappa shape index (κ2) is 4.77. The summed E-state index contributed by atoms with van der Waals surface area (Å²) < 4.78 is 20.6. The SMILES string of the molecule is Nc1nc(Cl)c2ncn([C@@H]3O[C@H](CO)[C@@H](O)[C@H]3F)c2n1. The van der Waals surface area contributed by atoms with Gasteiger partial charge in [-0.2, -0.15) is 9.97 Å². The van der Waals surface area contributed by atoms with Crippen molar-refractivity contribution in [1.29, 1.82) is 0 Å². The molecule has 2 aromatic rings. The monoisotopic (exact) mass is 303 g/mol. The Morgan fingerprint density at radius 2 is 2.25 bits per heavy atom. The summed E-state index contributed by atoms with van der Waals surface area (Å²) in [5.74, 6) is -0.0862. The number of hydrogen-bond donors (Lipinski definition) is 3. The summed E-state index contributed by atoms with van der Waals surface area (Å²) in [4.78, 5) is 11.7. The molecule has 1 fully saturated rings. The zero-order valence-corrected chi connectivity index (χ0v) is 10.8. The smallest absolute Gasteiger partial charge is 0.223 e. The molecule has 3 rings (SSSR count). The van der Waals surface area contributed by atoms with Gasteiger partial charge >= 0.3 is 0 Å². The molecule has 108 valence electrons. The van der Waals surface area contributed by atoms with Gasteiger partial charge in [0.25, 0.3) is 0 Å². The van der Waals surface area contributed by atoms with Gasteiger partial charge in [-0.05, 0) is 0 Å². The highest BCUT2D eigenvalue weighted by molar-refractivity contribution is 6.33. The number of imidazole rings is 1. The van der Waals surface area contributed by atoms with Crippen molar-refractivity contribution in [1.82, 2.24) is 19.5 Å². The lowest BCUT2D eigenvalue weighted by Gasteiger charge is -2.15. The summed E-state index contributed by atoms with van der Waals surface area (Å²) in [7, 11) is 0. The Bertz CT molecular complexity index is 653. The van der Waals surface area contributed by atoms with Crippen molar-refractivity contribution in [3.63, 3.8) is 0 Å². The van der Waals surface area contributed by atoms with Gasteiger partial charge in [0.05, 0.1) is 12.9 Å². The fourth-order valence-electron chi connectivity index (χ4n) is 2.16. The first-order valence-corrected chi connectivity index (χ1v) is 6.14. The molecule has 1 aliphatic rings.